The maximum atomic E-state index is 12.2. The van der Waals surface area contributed by atoms with Crippen LogP contribution >= 0.6 is 11.8 Å². The zero-order valence-electron chi connectivity index (χ0n) is 11.5. The minimum Gasteiger partial charge on any atom is -0.381 e. The van der Waals surface area contributed by atoms with Crippen LogP contribution < -0.4 is 5.32 Å². The van der Waals surface area contributed by atoms with E-state index in [0.29, 0.717) is 16.7 Å². The van der Waals surface area contributed by atoms with Gasteiger partial charge < -0.3 is 5.32 Å². The van der Waals surface area contributed by atoms with Crippen molar-refractivity contribution >= 4 is 17.4 Å². The van der Waals surface area contributed by atoms with E-state index in [1.807, 2.05) is 18.2 Å². The van der Waals surface area contributed by atoms with Crippen LogP contribution in [0.5, 0.6) is 0 Å². The molecule has 0 atom stereocenters. The molecule has 2 aromatic rings. The largest absolute Gasteiger partial charge is 0.381 e. The lowest BCUT2D eigenvalue weighted by Crippen LogP contribution is -2.02. The number of alkyl halides is 2. The predicted molar refractivity (Wildman–Crippen MR) is 81.5 cm³/mol. The summed E-state index contributed by atoms with van der Waals surface area (Å²) in [5, 5.41) is 3.31. The summed E-state index contributed by atoms with van der Waals surface area (Å²) >= 11 is 0.565. The van der Waals surface area contributed by atoms with Gasteiger partial charge in [-0.2, -0.15) is 8.78 Å². The van der Waals surface area contributed by atoms with Crippen molar-refractivity contribution in [1.82, 2.24) is 0 Å². The first-order valence-electron chi connectivity index (χ1n) is 6.40. The highest BCUT2D eigenvalue weighted by Gasteiger charge is 2.05. The molecule has 2 rings (SSSR count). The number of thioether (sulfide) groups is 1. The van der Waals surface area contributed by atoms with E-state index < -0.39 is 5.76 Å². The first kappa shape index (κ1) is 14.9. The van der Waals surface area contributed by atoms with Gasteiger partial charge in [-0.3, -0.25) is 0 Å². The molecule has 0 aliphatic rings. The van der Waals surface area contributed by atoms with E-state index in [1.165, 1.54) is 16.7 Å². The van der Waals surface area contributed by atoms with E-state index in [4.69, 9.17) is 0 Å². The Bertz CT molecular complexity index is 567. The number of benzene rings is 2. The van der Waals surface area contributed by atoms with Crippen molar-refractivity contribution in [2.45, 2.75) is 31.0 Å². The van der Waals surface area contributed by atoms with Crippen LogP contribution in [-0.4, -0.2) is 5.76 Å². The quantitative estimate of drug-likeness (QED) is 0.757. The van der Waals surface area contributed by atoms with Gasteiger partial charge >= 0.3 is 0 Å². The summed E-state index contributed by atoms with van der Waals surface area (Å²) in [7, 11) is 0. The number of halogens is 2. The summed E-state index contributed by atoms with van der Waals surface area (Å²) in [6.45, 7) is 4.93. The van der Waals surface area contributed by atoms with Crippen molar-refractivity contribution < 1.29 is 8.78 Å². The molecule has 0 unspecified atom stereocenters. The van der Waals surface area contributed by atoms with Gasteiger partial charge in [-0.15, -0.1) is 0 Å². The van der Waals surface area contributed by atoms with Crippen LogP contribution in [0.2, 0.25) is 0 Å². The molecule has 0 amide bonds. The summed E-state index contributed by atoms with van der Waals surface area (Å²) in [4.78, 5) is 0.581. The van der Waals surface area contributed by atoms with Crippen molar-refractivity contribution in [3.63, 3.8) is 0 Å². The second-order valence-corrected chi connectivity index (χ2v) is 5.68. The molecule has 0 aromatic heterocycles. The third-order valence-corrected chi connectivity index (χ3v) is 4.00. The highest BCUT2D eigenvalue weighted by Crippen LogP contribution is 2.26. The van der Waals surface area contributed by atoms with E-state index in [0.717, 1.165) is 12.2 Å². The summed E-state index contributed by atoms with van der Waals surface area (Å²) < 4.78 is 24.4. The van der Waals surface area contributed by atoms with Crippen LogP contribution in [0.3, 0.4) is 0 Å². The van der Waals surface area contributed by atoms with Crippen LogP contribution in [0.1, 0.15) is 16.7 Å². The maximum Gasteiger partial charge on any atom is 0.288 e. The number of nitrogens with one attached hydrogen (secondary N) is 1. The number of rotatable bonds is 5. The van der Waals surface area contributed by atoms with E-state index in [9.17, 15) is 8.78 Å². The molecular weight excluding hydrogens is 276 g/mol. The summed E-state index contributed by atoms with van der Waals surface area (Å²) in [6, 6.07) is 13.3. The summed E-state index contributed by atoms with van der Waals surface area (Å²) in [6.07, 6.45) is 0. The molecule has 0 aliphatic carbocycles. The molecular formula is C16H17F2NS. The topological polar surface area (TPSA) is 12.0 Å². The van der Waals surface area contributed by atoms with Crippen LogP contribution in [-0.2, 0) is 6.54 Å². The second-order valence-electron chi connectivity index (χ2n) is 4.62. The monoisotopic (exact) mass is 293 g/mol. The molecule has 2 aromatic carbocycles. The highest BCUT2D eigenvalue weighted by atomic mass is 32.2. The van der Waals surface area contributed by atoms with Crippen LogP contribution in [0, 0.1) is 13.8 Å². The Morgan fingerprint density at radius 2 is 1.75 bits per heavy atom. The Morgan fingerprint density at radius 3 is 2.40 bits per heavy atom. The Morgan fingerprint density at radius 1 is 1.05 bits per heavy atom. The van der Waals surface area contributed by atoms with Crippen molar-refractivity contribution in [1.29, 1.82) is 0 Å². The second kappa shape index (κ2) is 6.75. The van der Waals surface area contributed by atoms with Gasteiger partial charge in [0.2, 0.25) is 0 Å². The van der Waals surface area contributed by atoms with Gasteiger partial charge in [-0.25, -0.2) is 0 Å². The zero-order chi connectivity index (χ0) is 14.5. The average molecular weight is 293 g/mol. The molecule has 0 saturated heterocycles. The Kier molecular flexibility index (Phi) is 5.01. The maximum absolute atomic E-state index is 12.2. The smallest absolute Gasteiger partial charge is 0.288 e. The molecule has 20 heavy (non-hydrogen) atoms. The van der Waals surface area contributed by atoms with Crippen molar-refractivity contribution in [3.05, 3.63) is 59.2 Å². The van der Waals surface area contributed by atoms with Crippen LogP contribution in [0.25, 0.3) is 0 Å². The van der Waals surface area contributed by atoms with Crippen molar-refractivity contribution in [3.8, 4) is 0 Å². The molecule has 0 bridgehead atoms. The Balaban J connectivity index is 1.99. The third kappa shape index (κ3) is 3.97. The first-order chi connectivity index (χ1) is 9.56. The molecule has 0 heterocycles. The predicted octanol–water partition coefficient (Wildman–Crippen LogP) is 5.23. The molecule has 0 spiro atoms. The molecule has 0 fully saturated rings. The van der Waals surface area contributed by atoms with Gasteiger partial charge in [0.1, 0.15) is 0 Å². The highest BCUT2D eigenvalue weighted by molar-refractivity contribution is 7.99. The Hall–Kier alpha value is -1.55. The average Bonchev–Trinajstić information content (AvgIpc) is 2.41. The fourth-order valence-corrected chi connectivity index (χ4v) is 2.45. The molecule has 0 saturated carbocycles. The number of hydrogen-bond acceptors (Lipinski definition) is 2. The van der Waals surface area contributed by atoms with Crippen LogP contribution in [0.15, 0.2) is 47.4 Å². The number of anilines is 1. The van der Waals surface area contributed by atoms with Gasteiger partial charge in [-0.1, -0.05) is 30.0 Å². The van der Waals surface area contributed by atoms with E-state index >= 15 is 0 Å². The fourth-order valence-electron chi connectivity index (χ4n) is 1.95. The lowest BCUT2D eigenvalue weighted by molar-refractivity contribution is 0.252. The molecule has 4 heteroatoms. The van der Waals surface area contributed by atoms with Gasteiger partial charge in [0, 0.05) is 17.1 Å². The van der Waals surface area contributed by atoms with Gasteiger partial charge in [0.15, 0.2) is 0 Å². The van der Waals surface area contributed by atoms with E-state index in [-0.39, 0.29) is 0 Å². The fraction of sp³-hybridized carbons (Fsp3) is 0.250. The molecule has 0 aliphatic heterocycles. The minimum absolute atomic E-state index is 0.565. The van der Waals surface area contributed by atoms with Crippen molar-refractivity contribution in [2.75, 3.05) is 5.32 Å². The zero-order valence-corrected chi connectivity index (χ0v) is 12.3. The lowest BCUT2D eigenvalue weighted by atomic mass is 10.0. The normalized spacial score (nSPS) is 10.8. The molecule has 1 nitrogen and oxygen atoms in total. The van der Waals surface area contributed by atoms with Gasteiger partial charge in [-0.05, 0) is 54.8 Å². The molecule has 0 radical (unpaired) electrons. The summed E-state index contributed by atoms with van der Waals surface area (Å²) in [5.41, 5.74) is 4.73. The molecule has 106 valence electrons. The van der Waals surface area contributed by atoms with Gasteiger partial charge in [0.05, 0.1) is 0 Å². The summed E-state index contributed by atoms with van der Waals surface area (Å²) in [5.74, 6) is -2.37. The lowest BCUT2D eigenvalue weighted by Gasteiger charge is -2.11. The number of aryl methyl sites for hydroxylation is 1. The molecule has 1 N–H and O–H groups in total. The third-order valence-electron chi connectivity index (χ3n) is 3.28. The van der Waals surface area contributed by atoms with E-state index in [1.54, 1.807) is 12.1 Å². The van der Waals surface area contributed by atoms with Crippen LogP contribution in [0.4, 0.5) is 14.5 Å². The first-order valence-corrected chi connectivity index (χ1v) is 7.28. The number of hydrogen-bond donors (Lipinski definition) is 1. The SMILES string of the molecule is Cc1cccc(CNc2ccc(SC(F)F)cc2)c1C. The van der Waals surface area contributed by atoms with Gasteiger partial charge in [0.25, 0.3) is 5.76 Å². The standard InChI is InChI=1S/C16H17F2NS/c1-11-4-3-5-13(12(11)2)10-19-14-6-8-15(9-7-14)20-16(17)18/h3-9,16,19H,10H2,1-2H3. The van der Waals surface area contributed by atoms with E-state index in [2.05, 4.69) is 31.3 Å². The minimum atomic E-state index is -2.37. The van der Waals surface area contributed by atoms with Crippen molar-refractivity contribution in [2.24, 2.45) is 0 Å². The Labute approximate surface area is 122 Å².